The lowest BCUT2D eigenvalue weighted by Crippen LogP contribution is -2.40. The molecule has 0 spiro atoms. The standard InChI is InChI=1S/C18H21NO2/c20-18(21)12-16-9-3-4-11-19(16)13-15-8-5-7-14-6-1-2-10-17(14)15/h1-2,5-8,10,16H,3-4,9,11-13H2,(H,20,21). The van der Waals surface area contributed by atoms with Gasteiger partial charge in [-0.2, -0.15) is 0 Å². The van der Waals surface area contributed by atoms with Crippen LogP contribution in [0.2, 0.25) is 0 Å². The number of nitrogens with zero attached hydrogens (tertiary/aromatic N) is 1. The lowest BCUT2D eigenvalue weighted by atomic mass is 9.97. The van der Waals surface area contributed by atoms with Gasteiger partial charge in [-0.25, -0.2) is 0 Å². The third-order valence-electron chi connectivity index (χ3n) is 4.41. The molecule has 1 aliphatic rings. The fourth-order valence-corrected chi connectivity index (χ4v) is 3.35. The Hall–Kier alpha value is -1.87. The maximum atomic E-state index is 11.1. The zero-order valence-corrected chi connectivity index (χ0v) is 12.2. The number of piperidine rings is 1. The van der Waals surface area contributed by atoms with Gasteiger partial charge >= 0.3 is 5.97 Å². The molecule has 0 amide bonds. The molecule has 0 saturated carbocycles. The van der Waals surface area contributed by atoms with Gasteiger partial charge in [-0.05, 0) is 35.7 Å². The van der Waals surface area contributed by atoms with Crippen molar-refractivity contribution in [3.8, 4) is 0 Å². The molecule has 1 aliphatic heterocycles. The van der Waals surface area contributed by atoms with Crippen molar-refractivity contribution in [2.75, 3.05) is 6.54 Å². The van der Waals surface area contributed by atoms with Gasteiger partial charge in [-0.15, -0.1) is 0 Å². The van der Waals surface area contributed by atoms with E-state index in [0.717, 1.165) is 25.9 Å². The fourth-order valence-electron chi connectivity index (χ4n) is 3.35. The first-order valence-corrected chi connectivity index (χ1v) is 7.66. The average Bonchev–Trinajstić information content (AvgIpc) is 2.49. The van der Waals surface area contributed by atoms with Gasteiger partial charge in [0.1, 0.15) is 0 Å². The van der Waals surface area contributed by atoms with Gasteiger partial charge in [0.05, 0.1) is 6.42 Å². The number of likely N-dealkylation sites (tertiary alicyclic amines) is 1. The summed E-state index contributed by atoms with van der Waals surface area (Å²) in [6, 6.07) is 15.0. The Morgan fingerprint density at radius 2 is 1.95 bits per heavy atom. The maximum Gasteiger partial charge on any atom is 0.304 e. The first kappa shape index (κ1) is 14.1. The van der Waals surface area contributed by atoms with Gasteiger partial charge in [0.2, 0.25) is 0 Å². The van der Waals surface area contributed by atoms with Crippen molar-refractivity contribution in [1.29, 1.82) is 0 Å². The Morgan fingerprint density at radius 1 is 1.14 bits per heavy atom. The summed E-state index contributed by atoms with van der Waals surface area (Å²) < 4.78 is 0. The summed E-state index contributed by atoms with van der Waals surface area (Å²) in [6.07, 6.45) is 3.56. The Bertz CT molecular complexity index is 633. The SMILES string of the molecule is O=C(O)CC1CCCCN1Cc1cccc2ccccc12. The number of carboxylic acids is 1. The fraction of sp³-hybridized carbons (Fsp3) is 0.389. The van der Waals surface area contributed by atoms with Crippen LogP contribution in [0.25, 0.3) is 10.8 Å². The first-order valence-electron chi connectivity index (χ1n) is 7.66. The van der Waals surface area contributed by atoms with Crippen LogP contribution in [0.4, 0.5) is 0 Å². The molecular formula is C18H21NO2. The van der Waals surface area contributed by atoms with Crippen LogP contribution in [0.5, 0.6) is 0 Å². The molecule has 2 aromatic carbocycles. The third-order valence-corrected chi connectivity index (χ3v) is 4.41. The molecule has 1 saturated heterocycles. The van der Waals surface area contributed by atoms with Gasteiger partial charge < -0.3 is 5.11 Å². The Balaban J connectivity index is 1.84. The number of carbonyl (C=O) groups is 1. The Kier molecular flexibility index (Phi) is 4.20. The van der Waals surface area contributed by atoms with Crippen LogP contribution in [0.3, 0.4) is 0 Å². The maximum absolute atomic E-state index is 11.1. The molecule has 1 atom stereocenters. The normalized spacial score (nSPS) is 19.7. The van der Waals surface area contributed by atoms with E-state index in [-0.39, 0.29) is 12.5 Å². The predicted octanol–water partition coefficient (Wildman–Crippen LogP) is 3.67. The highest BCUT2D eigenvalue weighted by Crippen LogP contribution is 2.25. The largest absolute Gasteiger partial charge is 0.481 e. The van der Waals surface area contributed by atoms with Crippen molar-refractivity contribution in [2.24, 2.45) is 0 Å². The minimum absolute atomic E-state index is 0.176. The summed E-state index contributed by atoms with van der Waals surface area (Å²) in [4.78, 5) is 13.4. The molecule has 0 radical (unpaired) electrons. The number of carboxylic acid groups (broad SMARTS) is 1. The van der Waals surface area contributed by atoms with Gasteiger partial charge in [-0.1, -0.05) is 48.9 Å². The lowest BCUT2D eigenvalue weighted by Gasteiger charge is -2.35. The van der Waals surface area contributed by atoms with Crippen LogP contribution in [0, 0.1) is 0 Å². The van der Waals surface area contributed by atoms with Crippen LogP contribution in [-0.4, -0.2) is 28.6 Å². The van der Waals surface area contributed by atoms with E-state index < -0.39 is 5.97 Å². The van der Waals surface area contributed by atoms with Gasteiger partial charge in [0.25, 0.3) is 0 Å². The third kappa shape index (κ3) is 3.24. The van der Waals surface area contributed by atoms with Crippen molar-refractivity contribution in [3.05, 3.63) is 48.0 Å². The van der Waals surface area contributed by atoms with E-state index in [1.54, 1.807) is 0 Å². The van der Waals surface area contributed by atoms with Crippen LogP contribution < -0.4 is 0 Å². The van der Waals surface area contributed by atoms with Gasteiger partial charge in [0.15, 0.2) is 0 Å². The molecular weight excluding hydrogens is 262 g/mol. The summed E-state index contributed by atoms with van der Waals surface area (Å²) >= 11 is 0. The van der Waals surface area contributed by atoms with Crippen LogP contribution in [-0.2, 0) is 11.3 Å². The number of rotatable bonds is 4. The van der Waals surface area contributed by atoms with E-state index in [4.69, 9.17) is 5.11 Å². The van der Waals surface area contributed by atoms with E-state index >= 15 is 0 Å². The quantitative estimate of drug-likeness (QED) is 0.930. The zero-order valence-electron chi connectivity index (χ0n) is 12.2. The highest BCUT2D eigenvalue weighted by Gasteiger charge is 2.24. The molecule has 110 valence electrons. The number of fused-ring (bicyclic) bond motifs is 1. The first-order chi connectivity index (χ1) is 10.2. The summed E-state index contributed by atoms with van der Waals surface area (Å²) in [5.41, 5.74) is 1.30. The van der Waals surface area contributed by atoms with E-state index in [2.05, 4.69) is 47.4 Å². The summed E-state index contributed by atoms with van der Waals surface area (Å²) in [5, 5.41) is 11.6. The smallest absolute Gasteiger partial charge is 0.304 e. The van der Waals surface area contributed by atoms with Gasteiger partial charge in [0, 0.05) is 12.6 Å². The molecule has 1 heterocycles. The summed E-state index contributed by atoms with van der Waals surface area (Å²) in [7, 11) is 0. The molecule has 0 aliphatic carbocycles. The zero-order chi connectivity index (χ0) is 14.7. The Morgan fingerprint density at radius 3 is 2.81 bits per heavy atom. The highest BCUT2D eigenvalue weighted by atomic mass is 16.4. The van der Waals surface area contributed by atoms with E-state index in [1.165, 1.54) is 22.8 Å². The van der Waals surface area contributed by atoms with Crippen LogP contribution >= 0.6 is 0 Å². The second-order valence-electron chi connectivity index (χ2n) is 5.86. The molecule has 3 nitrogen and oxygen atoms in total. The minimum Gasteiger partial charge on any atom is -0.481 e. The number of hydrogen-bond acceptors (Lipinski definition) is 2. The summed E-state index contributed by atoms with van der Waals surface area (Å²) in [5.74, 6) is -0.690. The molecule has 0 bridgehead atoms. The topological polar surface area (TPSA) is 40.5 Å². The van der Waals surface area contributed by atoms with Crippen molar-refractivity contribution in [1.82, 2.24) is 4.90 Å². The second kappa shape index (κ2) is 6.27. The number of hydrogen-bond donors (Lipinski definition) is 1. The van der Waals surface area contributed by atoms with Gasteiger partial charge in [-0.3, -0.25) is 9.69 Å². The molecule has 3 rings (SSSR count). The minimum atomic E-state index is -0.690. The van der Waals surface area contributed by atoms with E-state index in [1.807, 2.05) is 0 Å². The molecule has 21 heavy (non-hydrogen) atoms. The van der Waals surface area contributed by atoms with Crippen LogP contribution in [0.15, 0.2) is 42.5 Å². The molecule has 1 fully saturated rings. The van der Waals surface area contributed by atoms with Crippen LogP contribution in [0.1, 0.15) is 31.2 Å². The highest BCUT2D eigenvalue weighted by molar-refractivity contribution is 5.85. The van der Waals surface area contributed by atoms with Crippen molar-refractivity contribution in [2.45, 2.75) is 38.3 Å². The molecule has 1 unspecified atom stereocenters. The molecule has 0 aromatic heterocycles. The number of benzene rings is 2. The second-order valence-corrected chi connectivity index (χ2v) is 5.86. The van der Waals surface area contributed by atoms with Crippen molar-refractivity contribution >= 4 is 16.7 Å². The average molecular weight is 283 g/mol. The lowest BCUT2D eigenvalue weighted by molar-refractivity contribution is -0.138. The molecule has 3 heteroatoms. The predicted molar refractivity (Wildman–Crippen MR) is 84.2 cm³/mol. The molecule has 1 N–H and O–H groups in total. The summed E-state index contributed by atoms with van der Waals surface area (Å²) in [6.45, 7) is 1.85. The van der Waals surface area contributed by atoms with Crippen molar-refractivity contribution in [3.63, 3.8) is 0 Å². The monoisotopic (exact) mass is 283 g/mol. The van der Waals surface area contributed by atoms with Crippen molar-refractivity contribution < 1.29 is 9.90 Å². The molecule has 2 aromatic rings. The van der Waals surface area contributed by atoms with E-state index in [0.29, 0.717) is 0 Å². The van der Waals surface area contributed by atoms with E-state index in [9.17, 15) is 4.79 Å². The number of aliphatic carboxylic acids is 1. The Labute approximate surface area is 125 Å².